The van der Waals surface area contributed by atoms with E-state index in [1.807, 2.05) is 35.2 Å². The third kappa shape index (κ3) is 4.49. The highest BCUT2D eigenvalue weighted by atomic mass is 16.3. The van der Waals surface area contributed by atoms with Crippen LogP contribution in [0.4, 0.5) is 0 Å². The summed E-state index contributed by atoms with van der Waals surface area (Å²) in [5.41, 5.74) is 1.37. The Morgan fingerprint density at radius 1 is 0.971 bits per heavy atom. The lowest BCUT2D eigenvalue weighted by atomic mass is 9.86. The highest BCUT2D eigenvalue weighted by Gasteiger charge is 2.29. The van der Waals surface area contributed by atoms with E-state index < -0.39 is 11.3 Å². The van der Waals surface area contributed by atoms with E-state index in [1.165, 1.54) is 6.07 Å². The van der Waals surface area contributed by atoms with Crippen LogP contribution in [0.5, 0.6) is 11.5 Å². The maximum atomic E-state index is 13.3. The van der Waals surface area contributed by atoms with Crippen LogP contribution in [0.1, 0.15) is 42.7 Å². The van der Waals surface area contributed by atoms with Gasteiger partial charge < -0.3 is 19.5 Å². The van der Waals surface area contributed by atoms with Gasteiger partial charge in [0, 0.05) is 61.1 Å². The highest BCUT2D eigenvalue weighted by Crippen LogP contribution is 2.43. The summed E-state index contributed by atoms with van der Waals surface area (Å²) in [5.74, 6) is -0.939. The predicted octanol–water partition coefficient (Wildman–Crippen LogP) is 4.80. The van der Waals surface area contributed by atoms with E-state index in [-0.39, 0.29) is 34.8 Å². The normalized spacial score (nSPS) is 14.7. The number of rotatable bonds is 5. The Balaban J connectivity index is 1.71. The third-order valence-electron chi connectivity index (χ3n) is 6.60. The molecule has 4 aromatic rings. The molecule has 2 aromatic heterocycles. The van der Waals surface area contributed by atoms with Gasteiger partial charge in [0.25, 0.3) is 0 Å². The zero-order valence-electron chi connectivity index (χ0n) is 19.2. The topological polar surface area (TPSA) is 104 Å². The molecule has 0 radical (unpaired) electrons. The zero-order valence-corrected chi connectivity index (χ0v) is 19.2. The summed E-state index contributed by atoms with van der Waals surface area (Å²) in [7, 11) is 0. The number of amides is 1. The van der Waals surface area contributed by atoms with Gasteiger partial charge in [0.15, 0.2) is 5.43 Å². The van der Waals surface area contributed by atoms with Crippen LogP contribution in [-0.4, -0.2) is 39.1 Å². The van der Waals surface area contributed by atoms with Gasteiger partial charge in [-0.15, -0.1) is 0 Å². The summed E-state index contributed by atoms with van der Waals surface area (Å²) < 4.78 is 6.19. The Morgan fingerprint density at radius 3 is 2.40 bits per heavy atom. The predicted molar refractivity (Wildman–Crippen MR) is 132 cm³/mol. The Labute approximate surface area is 202 Å². The number of hydrogen-bond donors (Lipinski definition) is 2. The minimum absolute atomic E-state index is 0.0260. The van der Waals surface area contributed by atoms with Crippen LogP contribution in [0.2, 0.25) is 0 Å². The fourth-order valence-corrected chi connectivity index (χ4v) is 4.83. The fraction of sp³-hybridized carbons (Fsp3) is 0.250. The Hall–Kier alpha value is -4.13. The molecule has 1 fully saturated rings. The maximum absolute atomic E-state index is 13.3. The van der Waals surface area contributed by atoms with Crippen LogP contribution >= 0.6 is 0 Å². The molecule has 1 saturated heterocycles. The molecule has 3 heterocycles. The van der Waals surface area contributed by atoms with Gasteiger partial charge in [-0.3, -0.25) is 14.6 Å². The average molecular weight is 471 g/mol. The first-order chi connectivity index (χ1) is 17.0. The van der Waals surface area contributed by atoms with Gasteiger partial charge in [-0.25, -0.2) is 0 Å². The molecule has 178 valence electrons. The summed E-state index contributed by atoms with van der Waals surface area (Å²) in [6.45, 7) is 1.41. The molecule has 2 N–H and O–H groups in total. The number of piperidine rings is 1. The number of phenolic OH excluding ortho intramolecular Hbond substituents is 2. The first-order valence-electron chi connectivity index (χ1n) is 11.8. The maximum Gasteiger partial charge on any atom is 0.223 e. The summed E-state index contributed by atoms with van der Waals surface area (Å²) in [5, 5.41) is 21.6. The number of likely N-dealkylation sites (tertiary alicyclic amines) is 1. The molecule has 35 heavy (non-hydrogen) atoms. The van der Waals surface area contributed by atoms with E-state index in [0.717, 1.165) is 30.9 Å². The molecule has 0 spiro atoms. The second-order valence-corrected chi connectivity index (χ2v) is 8.85. The lowest BCUT2D eigenvalue weighted by Gasteiger charge is -2.29. The van der Waals surface area contributed by atoms with E-state index in [2.05, 4.69) is 4.98 Å². The molecule has 1 amide bonds. The second kappa shape index (κ2) is 9.62. The molecule has 1 aliphatic rings. The van der Waals surface area contributed by atoms with E-state index in [9.17, 15) is 19.8 Å². The van der Waals surface area contributed by atoms with Crippen LogP contribution in [0, 0.1) is 0 Å². The number of nitrogens with zero attached hydrogens (tertiary/aromatic N) is 2. The number of pyridine rings is 1. The Morgan fingerprint density at radius 2 is 1.69 bits per heavy atom. The average Bonchev–Trinajstić information content (AvgIpc) is 2.89. The van der Waals surface area contributed by atoms with Crippen molar-refractivity contribution in [3.05, 3.63) is 88.3 Å². The number of carbonyl (C=O) groups excluding carboxylic acids is 1. The lowest BCUT2D eigenvalue weighted by Crippen LogP contribution is -2.36. The molecule has 0 unspecified atom stereocenters. The number of hydrogen-bond acceptors (Lipinski definition) is 6. The van der Waals surface area contributed by atoms with Gasteiger partial charge in [-0.05, 0) is 37.0 Å². The van der Waals surface area contributed by atoms with Crippen molar-refractivity contribution in [2.45, 2.75) is 31.6 Å². The molecule has 0 aliphatic carbocycles. The molecule has 1 aliphatic heterocycles. The van der Waals surface area contributed by atoms with Crippen molar-refractivity contribution >= 4 is 16.9 Å². The van der Waals surface area contributed by atoms with Crippen molar-refractivity contribution in [1.82, 2.24) is 9.88 Å². The van der Waals surface area contributed by atoms with Gasteiger partial charge in [-0.1, -0.05) is 30.3 Å². The molecule has 2 aromatic carbocycles. The smallest absolute Gasteiger partial charge is 0.223 e. The lowest BCUT2D eigenvalue weighted by molar-refractivity contribution is -0.132. The van der Waals surface area contributed by atoms with Crippen molar-refractivity contribution in [1.29, 1.82) is 0 Å². The number of carbonyl (C=O) groups is 1. The van der Waals surface area contributed by atoms with Crippen molar-refractivity contribution < 1.29 is 19.4 Å². The fourth-order valence-electron chi connectivity index (χ4n) is 4.83. The number of aromatic hydroxyl groups is 2. The molecular formula is C28H26N2O5. The number of aromatic nitrogens is 1. The largest absolute Gasteiger partial charge is 0.507 e. The van der Waals surface area contributed by atoms with Crippen LogP contribution in [0.3, 0.4) is 0 Å². The minimum Gasteiger partial charge on any atom is -0.507 e. The van der Waals surface area contributed by atoms with Crippen molar-refractivity contribution in [3.63, 3.8) is 0 Å². The third-order valence-corrected chi connectivity index (χ3v) is 6.60. The number of benzene rings is 2. The molecule has 0 bridgehead atoms. The van der Waals surface area contributed by atoms with Gasteiger partial charge >= 0.3 is 0 Å². The van der Waals surface area contributed by atoms with Crippen LogP contribution in [-0.2, 0) is 4.79 Å². The SMILES string of the molecule is O=C(C[C@@H](c1ccncc1)c1c(O)cc(O)c2c(=O)cc(-c3ccccc3)oc12)N1CCCCC1. The highest BCUT2D eigenvalue weighted by molar-refractivity contribution is 5.91. The second-order valence-electron chi connectivity index (χ2n) is 8.85. The van der Waals surface area contributed by atoms with E-state index in [0.29, 0.717) is 30.0 Å². The first-order valence-corrected chi connectivity index (χ1v) is 11.8. The molecule has 7 nitrogen and oxygen atoms in total. The summed E-state index contributed by atoms with van der Waals surface area (Å²) in [6, 6.07) is 15.2. The van der Waals surface area contributed by atoms with E-state index in [1.54, 1.807) is 24.5 Å². The number of phenols is 2. The Kier molecular flexibility index (Phi) is 6.23. The number of fused-ring (bicyclic) bond motifs is 1. The Bertz CT molecular complexity index is 1410. The monoisotopic (exact) mass is 470 g/mol. The molecule has 7 heteroatoms. The van der Waals surface area contributed by atoms with Gasteiger partial charge in [0.1, 0.15) is 28.2 Å². The van der Waals surface area contributed by atoms with Crippen molar-refractivity contribution in [2.75, 3.05) is 13.1 Å². The molecule has 1 atom stereocenters. The summed E-state index contributed by atoms with van der Waals surface area (Å²) in [4.78, 5) is 32.3. The minimum atomic E-state index is -0.607. The van der Waals surface area contributed by atoms with Gasteiger partial charge in [0.05, 0.1) is 0 Å². The quantitative estimate of drug-likeness (QED) is 0.434. The van der Waals surface area contributed by atoms with Gasteiger partial charge in [0.2, 0.25) is 5.91 Å². The van der Waals surface area contributed by atoms with Crippen molar-refractivity contribution in [3.8, 4) is 22.8 Å². The summed E-state index contributed by atoms with van der Waals surface area (Å²) >= 11 is 0. The van der Waals surface area contributed by atoms with Crippen molar-refractivity contribution in [2.24, 2.45) is 0 Å². The molecule has 0 saturated carbocycles. The van der Waals surface area contributed by atoms with E-state index >= 15 is 0 Å². The first kappa shape index (κ1) is 22.7. The van der Waals surface area contributed by atoms with Crippen LogP contribution in [0.15, 0.2) is 76.2 Å². The molecule has 5 rings (SSSR count). The standard InChI is InChI=1S/C28H26N2O5/c31-21-16-22(32)27-23(33)17-24(19-7-3-1-4-8-19)35-28(27)26(21)20(18-9-11-29-12-10-18)15-25(34)30-13-5-2-6-14-30/h1,3-4,7-12,16-17,20,31-32H,2,5-6,13-15H2/t20-/m0/s1. The molecular weight excluding hydrogens is 444 g/mol. The van der Waals surface area contributed by atoms with Crippen LogP contribution < -0.4 is 5.43 Å². The zero-order chi connectivity index (χ0) is 24.4. The van der Waals surface area contributed by atoms with Gasteiger partial charge in [-0.2, -0.15) is 0 Å². The van der Waals surface area contributed by atoms with Crippen LogP contribution in [0.25, 0.3) is 22.3 Å². The summed E-state index contributed by atoms with van der Waals surface area (Å²) in [6.07, 6.45) is 6.37. The van der Waals surface area contributed by atoms with E-state index in [4.69, 9.17) is 4.42 Å².